The molecule has 3 amide bonds. The van der Waals surface area contributed by atoms with Crippen LogP contribution in [0, 0.1) is 0 Å². The zero-order chi connectivity index (χ0) is 16.4. The fraction of sp³-hybridized carbons (Fsp3) is 0.500. The average molecular weight is 318 g/mol. The minimum absolute atomic E-state index is 0.0116. The summed E-state index contributed by atoms with van der Waals surface area (Å²) in [5, 5.41) is 6.04. The number of hydrogen-bond acceptors (Lipinski definition) is 4. The summed E-state index contributed by atoms with van der Waals surface area (Å²) in [5.74, 6) is 0.578. The number of piperazine rings is 1. The van der Waals surface area contributed by atoms with E-state index in [1.165, 1.54) is 0 Å². The van der Waals surface area contributed by atoms with E-state index in [-0.39, 0.29) is 18.0 Å². The molecule has 2 fully saturated rings. The molecule has 0 bridgehead atoms. The number of carbonyl (C=O) groups is 2. The van der Waals surface area contributed by atoms with Crippen molar-refractivity contribution in [1.29, 1.82) is 0 Å². The molecule has 0 saturated carbocycles. The van der Waals surface area contributed by atoms with Gasteiger partial charge in [0, 0.05) is 44.3 Å². The minimum atomic E-state index is -0.163. The van der Waals surface area contributed by atoms with Crippen LogP contribution in [0.4, 0.5) is 10.5 Å². The van der Waals surface area contributed by atoms with Gasteiger partial charge in [-0.25, -0.2) is 4.79 Å². The normalized spacial score (nSPS) is 21.3. The van der Waals surface area contributed by atoms with Crippen LogP contribution < -0.4 is 20.3 Å². The lowest BCUT2D eigenvalue weighted by molar-refractivity contribution is 0.0655. The van der Waals surface area contributed by atoms with E-state index in [9.17, 15) is 9.59 Å². The predicted octanol–water partition coefficient (Wildman–Crippen LogP) is 0.659. The van der Waals surface area contributed by atoms with Crippen LogP contribution in [0.2, 0.25) is 0 Å². The first kappa shape index (κ1) is 15.6. The van der Waals surface area contributed by atoms with Gasteiger partial charge in [0.15, 0.2) is 0 Å². The summed E-state index contributed by atoms with van der Waals surface area (Å²) in [4.78, 5) is 28.2. The number of anilines is 1. The molecular weight excluding hydrogens is 296 g/mol. The fourth-order valence-electron chi connectivity index (χ4n) is 3.04. The Bertz CT molecular complexity index is 619. The predicted molar refractivity (Wildman–Crippen MR) is 87.1 cm³/mol. The number of hydrogen-bond donors (Lipinski definition) is 2. The van der Waals surface area contributed by atoms with Crippen LogP contribution in [0.5, 0.6) is 5.75 Å². The van der Waals surface area contributed by atoms with Gasteiger partial charge in [-0.3, -0.25) is 9.69 Å². The van der Waals surface area contributed by atoms with Gasteiger partial charge in [-0.15, -0.1) is 0 Å². The van der Waals surface area contributed by atoms with E-state index < -0.39 is 0 Å². The van der Waals surface area contributed by atoms with Crippen molar-refractivity contribution in [2.45, 2.75) is 13.0 Å². The molecule has 3 rings (SSSR count). The van der Waals surface area contributed by atoms with Gasteiger partial charge in [-0.1, -0.05) is 0 Å². The third kappa shape index (κ3) is 2.96. The number of rotatable bonds is 3. The molecule has 2 heterocycles. The highest BCUT2D eigenvalue weighted by Crippen LogP contribution is 2.31. The Balaban J connectivity index is 1.91. The molecule has 0 radical (unpaired) electrons. The van der Waals surface area contributed by atoms with Crippen LogP contribution in [-0.4, -0.2) is 62.7 Å². The summed E-state index contributed by atoms with van der Waals surface area (Å²) in [7, 11) is 1.56. The van der Waals surface area contributed by atoms with Gasteiger partial charge in [0.25, 0.3) is 5.91 Å². The summed E-state index contributed by atoms with van der Waals surface area (Å²) in [6, 6.07) is 5.25. The molecule has 7 heteroatoms. The number of amides is 3. The van der Waals surface area contributed by atoms with E-state index in [0.29, 0.717) is 36.6 Å². The molecule has 1 aromatic rings. The topological polar surface area (TPSA) is 73.9 Å². The molecule has 2 N–H and O–H groups in total. The summed E-state index contributed by atoms with van der Waals surface area (Å²) >= 11 is 0. The maximum atomic E-state index is 12.8. The van der Waals surface area contributed by atoms with Crippen molar-refractivity contribution in [2.75, 3.05) is 44.7 Å². The molecule has 0 aromatic heterocycles. The van der Waals surface area contributed by atoms with Gasteiger partial charge in [-0.2, -0.15) is 0 Å². The van der Waals surface area contributed by atoms with E-state index in [1.54, 1.807) is 30.2 Å². The molecule has 2 aliphatic rings. The highest BCUT2D eigenvalue weighted by Gasteiger charge is 2.28. The summed E-state index contributed by atoms with van der Waals surface area (Å²) in [6.45, 7) is 5.47. The Morgan fingerprint density at radius 1 is 1.30 bits per heavy atom. The van der Waals surface area contributed by atoms with Gasteiger partial charge < -0.3 is 20.3 Å². The lowest BCUT2D eigenvalue weighted by atomic mass is 10.1. The quantitative estimate of drug-likeness (QED) is 0.859. The highest BCUT2D eigenvalue weighted by atomic mass is 16.5. The van der Waals surface area contributed by atoms with Crippen LogP contribution in [-0.2, 0) is 0 Å². The number of methoxy groups -OCH3 is 1. The van der Waals surface area contributed by atoms with Crippen molar-refractivity contribution in [3.05, 3.63) is 23.8 Å². The lowest BCUT2D eigenvalue weighted by Gasteiger charge is -2.34. The van der Waals surface area contributed by atoms with Gasteiger partial charge in [0.2, 0.25) is 0 Å². The van der Waals surface area contributed by atoms with Crippen molar-refractivity contribution >= 4 is 17.6 Å². The average Bonchev–Trinajstić information content (AvgIpc) is 3.00. The van der Waals surface area contributed by atoms with E-state index in [0.717, 1.165) is 13.1 Å². The molecule has 0 unspecified atom stereocenters. The standard InChI is InChI=1S/C16H22N4O3/c1-11-10-17-5-7-19(11)15(21)12-3-4-14(23-2)13(9-12)20-8-6-18-16(20)22/h3-4,9,11,17H,5-8,10H2,1-2H3,(H,18,22)/t11-/m0/s1. The number of urea groups is 1. The van der Waals surface area contributed by atoms with E-state index in [2.05, 4.69) is 10.6 Å². The van der Waals surface area contributed by atoms with Crippen molar-refractivity contribution in [2.24, 2.45) is 0 Å². The van der Waals surface area contributed by atoms with Gasteiger partial charge >= 0.3 is 6.03 Å². The first-order chi connectivity index (χ1) is 11.1. The Morgan fingerprint density at radius 3 is 2.78 bits per heavy atom. The zero-order valence-corrected chi connectivity index (χ0v) is 13.5. The van der Waals surface area contributed by atoms with E-state index in [1.807, 2.05) is 11.8 Å². The smallest absolute Gasteiger partial charge is 0.322 e. The molecule has 1 aromatic carbocycles. The Hall–Kier alpha value is -2.28. The van der Waals surface area contributed by atoms with Crippen LogP contribution in [0.1, 0.15) is 17.3 Å². The molecule has 2 aliphatic heterocycles. The van der Waals surface area contributed by atoms with E-state index in [4.69, 9.17) is 4.74 Å². The van der Waals surface area contributed by atoms with Crippen LogP contribution in [0.3, 0.4) is 0 Å². The van der Waals surface area contributed by atoms with Crippen molar-refractivity contribution < 1.29 is 14.3 Å². The van der Waals surface area contributed by atoms with Crippen molar-refractivity contribution in [3.63, 3.8) is 0 Å². The van der Waals surface area contributed by atoms with Crippen molar-refractivity contribution in [1.82, 2.24) is 15.5 Å². The summed E-state index contributed by atoms with van der Waals surface area (Å²) in [5.41, 5.74) is 1.21. The van der Waals surface area contributed by atoms with Crippen LogP contribution in [0.15, 0.2) is 18.2 Å². The first-order valence-corrected chi connectivity index (χ1v) is 7.87. The monoisotopic (exact) mass is 318 g/mol. The second kappa shape index (κ2) is 6.45. The summed E-state index contributed by atoms with van der Waals surface area (Å²) < 4.78 is 5.35. The molecular formula is C16H22N4O3. The zero-order valence-electron chi connectivity index (χ0n) is 13.5. The molecule has 7 nitrogen and oxygen atoms in total. The number of benzene rings is 1. The molecule has 0 spiro atoms. The Labute approximate surface area is 135 Å². The van der Waals surface area contributed by atoms with Gasteiger partial charge in [0.05, 0.1) is 12.8 Å². The number of ether oxygens (including phenoxy) is 1. The van der Waals surface area contributed by atoms with Gasteiger partial charge in [-0.05, 0) is 25.1 Å². The lowest BCUT2D eigenvalue weighted by Crippen LogP contribution is -2.52. The number of nitrogens with zero attached hydrogens (tertiary/aromatic N) is 2. The first-order valence-electron chi connectivity index (χ1n) is 7.87. The van der Waals surface area contributed by atoms with Crippen molar-refractivity contribution in [3.8, 4) is 5.75 Å². The second-order valence-corrected chi connectivity index (χ2v) is 5.82. The maximum absolute atomic E-state index is 12.8. The molecule has 2 saturated heterocycles. The Morgan fingerprint density at radius 2 is 2.13 bits per heavy atom. The molecule has 23 heavy (non-hydrogen) atoms. The highest BCUT2D eigenvalue weighted by molar-refractivity contribution is 6.00. The van der Waals surface area contributed by atoms with Crippen LogP contribution >= 0.6 is 0 Å². The van der Waals surface area contributed by atoms with E-state index >= 15 is 0 Å². The fourth-order valence-corrected chi connectivity index (χ4v) is 3.04. The largest absolute Gasteiger partial charge is 0.495 e. The van der Waals surface area contributed by atoms with Crippen LogP contribution in [0.25, 0.3) is 0 Å². The summed E-state index contributed by atoms with van der Waals surface area (Å²) in [6.07, 6.45) is 0. The second-order valence-electron chi connectivity index (χ2n) is 5.82. The molecule has 0 aliphatic carbocycles. The SMILES string of the molecule is COc1ccc(C(=O)N2CCNC[C@@H]2C)cc1N1CCNC1=O. The molecule has 124 valence electrons. The minimum Gasteiger partial charge on any atom is -0.495 e. The number of nitrogens with one attached hydrogen (secondary N) is 2. The number of carbonyl (C=O) groups excluding carboxylic acids is 2. The molecule has 1 atom stereocenters. The van der Waals surface area contributed by atoms with Gasteiger partial charge in [0.1, 0.15) is 5.75 Å². The Kier molecular flexibility index (Phi) is 4.38. The third-order valence-corrected chi connectivity index (χ3v) is 4.34. The maximum Gasteiger partial charge on any atom is 0.322 e. The third-order valence-electron chi connectivity index (χ3n) is 4.34.